The molecule has 2 N–H and O–H groups in total. The van der Waals surface area contributed by atoms with Crippen LogP contribution < -0.4 is 5.43 Å². The lowest BCUT2D eigenvalue weighted by Crippen LogP contribution is -2.05. The average molecular weight is 226 g/mol. The fraction of sp³-hybridized carbons (Fsp3) is 0.0714. The molecule has 3 heteroatoms. The number of hydrogen-bond donors (Lipinski definition) is 2. The summed E-state index contributed by atoms with van der Waals surface area (Å²) in [7, 11) is 0. The lowest BCUT2D eigenvalue weighted by Gasteiger charge is -1.99. The number of rotatable bonds is 4. The summed E-state index contributed by atoms with van der Waals surface area (Å²) in [6.45, 7) is 0.704. The molecular weight excluding hydrogens is 212 g/mol. The number of hydrogen-bond acceptors (Lipinski definition) is 3. The van der Waals surface area contributed by atoms with Gasteiger partial charge in [-0.25, -0.2) is 0 Å². The van der Waals surface area contributed by atoms with Crippen LogP contribution in [0.5, 0.6) is 5.75 Å². The van der Waals surface area contributed by atoms with Gasteiger partial charge in [0.15, 0.2) is 0 Å². The minimum Gasteiger partial charge on any atom is -0.508 e. The monoisotopic (exact) mass is 226 g/mol. The number of aromatic hydroxyl groups is 1. The van der Waals surface area contributed by atoms with Crippen molar-refractivity contribution in [3.63, 3.8) is 0 Å². The molecule has 17 heavy (non-hydrogen) atoms. The molecule has 2 aromatic rings. The van der Waals surface area contributed by atoms with Crippen molar-refractivity contribution < 1.29 is 5.11 Å². The van der Waals surface area contributed by atoms with Gasteiger partial charge in [-0.05, 0) is 35.4 Å². The van der Waals surface area contributed by atoms with Gasteiger partial charge in [0.1, 0.15) is 5.75 Å². The molecule has 0 fully saturated rings. The van der Waals surface area contributed by atoms with Crippen molar-refractivity contribution in [2.45, 2.75) is 6.54 Å². The van der Waals surface area contributed by atoms with E-state index in [-0.39, 0.29) is 5.75 Å². The fourth-order valence-electron chi connectivity index (χ4n) is 1.41. The SMILES string of the molecule is Oc1ccc(/C=N/NCc2ccccc2)cc1. The van der Waals surface area contributed by atoms with Crippen LogP contribution in [-0.2, 0) is 6.54 Å². The van der Waals surface area contributed by atoms with E-state index in [1.807, 2.05) is 42.5 Å². The van der Waals surface area contributed by atoms with Crippen LogP contribution in [-0.4, -0.2) is 11.3 Å². The predicted molar refractivity (Wildman–Crippen MR) is 69.0 cm³/mol. The Kier molecular flexibility index (Phi) is 3.76. The Balaban J connectivity index is 1.84. The number of hydrazone groups is 1. The van der Waals surface area contributed by atoms with Crippen LogP contribution in [0.4, 0.5) is 0 Å². The molecule has 86 valence electrons. The molecule has 0 heterocycles. The van der Waals surface area contributed by atoms with Crippen molar-refractivity contribution in [3.8, 4) is 5.75 Å². The molecule has 0 saturated heterocycles. The number of phenolic OH excluding ortho intramolecular Hbond substituents is 1. The smallest absolute Gasteiger partial charge is 0.115 e. The molecule has 0 atom stereocenters. The normalized spacial score (nSPS) is 10.6. The molecule has 0 unspecified atom stereocenters. The number of benzene rings is 2. The Bertz CT molecular complexity index is 477. The maximum atomic E-state index is 9.12. The Hall–Kier alpha value is -2.29. The average Bonchev–Trinajstić information content (AvgIpc) is 2.38. The van der Waals surface area contributed by atoms with Gasteiger partial charge >= 0.3 is 0 Å². The third-order valence-corrected chi connectivity index (χ3v) is 2.32. The lowest BCUT2D eigenvalue weighted by molar-refractivity contribution is 0.475. The van der Waals surface area contributed by atoms with Gasteiger partial charge in [0.2, 0.25) is 0 Å². The maximum absolute atomic E-state index is 9.12. The van der Waals surface area contributed by atoms with E-state index in [0.717, 1.165) is 5.56 Å². The highest BCUT2D eigenvalue weighted by molar-refractivity contribution is 5.79. The highest BCUT2D eigenvalue weighted by atomic mass is 16.3. The van der Waals surface area contributed by atoms with E-state index in [1.165, 1.54) is 5.56 Å². The van der Waals surface area contributed by atoms with Gasteiger partial charge in [0.05, 0.1) is 12.8 Å². The Morgan fingerprint density at radius 1 is 1.00 bits per heavy atom. The van der Waals surface area contributed by atoms with Crippen molar-refractivity contribution in [1.29, 1.82) is 0 Å². The van der Waals surface area contributed by atoms with Crippen LogP contribution in [0.3, 0.4) is 0 Å². The van der Waals surface area contributed by atoms with E-state index in [0.29, 0.717) is 6.54 Å². The molecule has 0 aliphatic carbocycles. The van der Waals surface area contributed by atoms with Crippen LogP contribution in [0.2, 0.25) is 0 Å². The summed E-state index contributed by atoms with van der Waals surface area (Å²) in [4.78, 5) is 0. The Morgan fingerprint density at radius 2 is 1.71 bits per heavy atom. The van der Waals surface area contributed by atoms with Gasteiger partial charge in [0.25, 0.3) is 0 Å². The molecule has 0 aromatic heterocycles. The minimum atomic E-state index is 0.263. The van der Waals surface area contributed by atoms with Crippen LogP contribution >= 0.6 is 0 Å². The van der Waals surface area contributed by atoms with Crippen molar-refractivity contribution in [2.75, 3.05) is 0 Å². The number of nitrogens with zero attached hydrogens (tertiary/aromatic N) is 1. The first kappa shape index (κ1) is 11.2. The van der Waals surface area contributed by atoms with Gasteiger partial charge in [-0.1, -0.05) is 30.3 Å². The second-order valence-corrected chi connectivity index (χ2v) is 3.67. The molecule has 0 saturated carbocycles. The predicted octanol–water partition coefficient (Wildman–Crippen LogP) is 2.52. The first-order valence-electron chi connectivity index (χ1n) is 5.43. The van der Waals surface area contributed by atoms with Crippen LogP contribution in [0, 0.1) is 0 Å². The van der Waals surface area contributed by atoms with Crippen LogP contribution in [0.15, 0.2) is 59.7 Å². The van der Waals surface area contributed by atoms with Gasteiger partial charge in [-0.2, -0.15) is 5.10 Å². The summed E-state index contributed by atoms with van der Waals surface area (Å²) in [5, 5.41) is 13.2. The molecule has 2 aromatic carbocycles. The quantitative estimate of drug-likeness (QED) is 0.621. The Labute approximate surface area is 100 Å². The zero-order valence-electron chi connectivity index (χ0n) is 9.38. The summed E-state index contributed by atoms with van der Waals surface area (Å²) in [5.41, 5.74) is 5.11. The summed E-state index contributed by atoms with van der Waals surface area (Å²) in [6.07, 6.45) is 1.72. The second kappa shape index (κ2) is 5.70. The van der Waals surface area contributed by atoms with E-state index in [2.05, 4.69) is 10.5 Å². The largest absolute Gasteiger partial charge is 0.508 e. The van der Waals surface area contributed by atoms with E-state index < -0.39 is 0 Å². The summed E-state index contributed by atoms with van der Waals surface area (Å²) in [5.74, 6) is 0.263. The molecule has 0 spiro atoms. The van der Waals surface area contributed by atoms with E-state index in [9.17, 15) is 0 Å². The lowest BCUT2D eigenvalue weighted by atomic mass is 10.2. The highest BCUT2D eigenvalue weighted by Crippen LogP contribution is 2.07. The standard InChI is InChI=1S/C14H14N2O/c17-14-8-6-13(7-9-14)11-16-15-10-12-4-2-1-3-5-12/h1-9,11,15,17H,10H2/b16-11+. The molecule has 0 bridgehead atoms. The Morgan fingerprint density at radius 3 is 2.41 bits per heavy atom. The van der Waals surface area contributed by atoms with Crippen molar-refractivity contribution in [1.82, 2.24) is 5.43 Å². The zero-order valence-corrected chi connectivity index (χ0v) is 9.38. The molecule has 0 radical (unpaired) electrons. The summed E-state index contributed by atoms with van der Waals surface area (Å²) < 4.78 is 0. The van der Waals surface area contributed by atoms with Crippen LogP contribution in [0.25, 0.3) is 0 Å². The minimum absolute atomic E-state index is 0.263. The van der Waals surface area contributed by atoms with E-state index >= 15 is 0 Å². The molecule has 0 aliphatic rings. The molecule has 0 amide bonds. The van der Waals surface area contributed by atoms with Crippen LogP contribution in [0.1, 0.15) is 11.1 Å². The molecular formula is C14H14N2O. The highest BCUT2D eigenvalue weighted by Gasteiger charge is 1.89. The fourth-order valence-corrected chi connectivity index (χ4v) is 1.41. The van der Waals surface area contributed by atoms with E-state index in [4.69, 9.17) is 5.11 Å². The second-order valence-electron chi connectivity index (χ2n) is 3.67. The third-order valence-electron chi connectivity index (χ3n) is 2.32. The van der Waals surface area contributed by atoms with Crippen molar-refractivity contribution in [2.24, 2.45) is 5.10 Å². The third kappa shape index (κ3) is 3.65. The van der Waals surface area contributed by atoms with Gasteiger partial charge in [-0.3, -0.25) is 0 Å². The van der Waals surface area contributed by atoms with Gasteiger partial charge in [0, 0.05) is 0 Å². The zero-order chi connectivity index (χ0) is 11.9. The number of nitrogens with one attached hydrogen (secondary N) is 1. The topological polar surface area (TPSA) is 44.6 Å². The van der Waals surface area contributed by atoms with Crippen molar-refractivity contribution >= 4 is 6.21 Å². The van der Waals surface area contributed by atoms with Gasteiger partial charge < -0.3 is 10.5 Å². The van der Waals surface area contributed by atoms with Crippen molar-refractivity contribution in [3.05, 3.63) is 65.7 Å². The van der Waals surface area contributed by atoms with Gasteiger partial charge in [-0.15, -0.1) is 0 Å². The molecule has 0 aliphatic heterocycles. The molecule has 3 nitrogen and oxygen atoms in total. The van der Waals surface area contributed by atoms with E-state index in [1.54, 1.807) is 18.3 Å². The number of phenols is 1. The first-order valence-corrected chi connectivity index (χ1v) is 5.43. The molecule has 2 rings (SSSR count). The first-order chi connectivity index (χ1) is 8.34. The summed E-state index contributed by atoms with van der Waals surface area (Å²) >= 11 is 0. The summed E-state index contributed by atoms with van der Waals surface area (Å²) in [6, 6.07) is 17.0. The maximum Gasteiger partial charge on any atom is 0.115 e.